The Bertz CT molecular complexity index is 630. The predicted octanol–water partition coefficient (Wildman–Crippen LogP) is 2.93. The Hall–Kier alpha value is -1.96. The van der Waals surface area contributed by atoms with Crippen LogP contribution < -0.4 is 14.8 Å². The Morgan fingerprint density at radius 3 is 2.16 bits per heavy atom. The van der Waals surface area contributed by atoms with Gasteiger partial charge in [0.1, 0.15) is 6.04 Å². The average Bonchev–Trinajstić information content (AvgIpc) is 2.58. The van der Waals surface area contributed by atoms with E-state index < -0.39 is 17.4 Å². The van der Waals surface area contributed by atoms with Gasteiger partial charge in [0.25, 0.3) is 0 Å². The van der Waals surface area contributed by atoms with E-state index in [0.717, 1.165) is 0 Å². The van der Waals surface area contributed by atoms with Gasteiger partial charge in [-0.25, -0.2) is 4.79 Å². The lowest BCUT2D eigenvalue weighted by Crippen LogP contribution is -2.47. The molecule has 140 valence electrons. The van der Waals surface area contributed by atoms with Gasteiger partial charge in [-0.3, -0.25) is 4.79 Å². The number of carbonyl (C=O) groups is 2. The van der Waals surface area contributed by atoms with E-state index in [1.807, 2.05) is 0 Å². The molecule has 0 aliphatic heterocycles. The Morgan fingerprint density at radius 1 is 1.16 bits per heavy atom. The number of ether oxygens (including phenoxy) is 3. The van der Waals surface area contributed by atoms with Crippen LogP contribution in [-0.2, 0) is 20.7 Å². The van der Waals surface area contributed by atoms with Crippen molar-refractivity contribution in [2.24, 2.45) is 5.41 Å². The molecule has 1 aromatic rings. The minimum absolute atomic E-state index is 0.0295. The van der Waals surface area contributed by atoms with Gasteiger partial charge < -0.3 is 19.5 Å². The monoisotopic (exact) mass is 373 g/mol. The molecule has 1 rings (SSSR count). The van der Waals surface area contributed by atoms with Crippen LogP contribution in [0.1, 0.15) is 26.3 Å². The number of nitrogens with one attached hydrogen (secondary N) is 1. The highest BCUT2D eigenvalue weighted by Gasteiger charge is 2.29. The molecular weight excluding hydrogens is 349 g/mol. The van der Waals surface area contributed by atoms with E-state index in [9.17, 15) is 13.5 Å². The predicted molar refractivity (Wildman–Crippen MR) is 93.6 cm³/mol. The lowest BCUT2D eigenvalue weighted by Gasteiger charge is -2.23. The van der Waals surface area contributed by atoms with Gasteiger partial charge in [0.15, 0.2) is 11.5 Å². The van der Waals surface area contributed by atoms with Crippen molar-refractivity contribution < 1.29 is 27.7 Å². The molecule has 1 amide bonds. The lowest BCUT2D eigenvalue weighted by molar-refractivity contribution is -0.146. The molecule has 0 saturated carbocycles. The summed E-state index contributed by atoms with van der Waals surface area (Å²) in [4.78, 5) is 24.6. The van der Waals surface area contributed by atoms with Crippen LogP contribution in [0.2, 0.25) is 0 Å². The van der Waals surface area contributed by atoms with Crippen LogP contribution in [0.15, 0.2) is 17.0 Å². The summed E-state index contributed by atoms with van der Waals surface area (Å²) in [6.07, 6.45) is 0.0566. The number of benzene rings is 1. The van der Waals surface area contributed by atoms with Crippen molar-refractivity contribution in [1.82, 2.24) is 5.32 Å². The molecule has 1 N–H and O–H groups in total. The molecule has 0 radical (unpaired) electrons. The summed E-state index contributed by atoms with van der Waals surface area (Å²) in [5.41, 5.74) is -0.184. The zero-order valence-corrected chi connectivity index (χ0v) is 16.1. The third kappa shape index (κ3) is 5.52. The second-order valence-electron chi connectivity index (χ2n) is 6.40. The second-order valence-corrected chi connectivity index (χ2v) is 6.99. The number of esters is 1. The van der Waals surface area contributed by atoms with Crippen molar-refractivity contribution >= 4 is 24.0 Å². The highest BCUT2D eigenvalue weighted by atomic mass is 32.2. The van der Waals surface area contributed by atoms with E-state index in [2.05, 4.69) is 5.32 Å². The summed E-state index contributed by atoms with van der Waals surface area (Å²) < 4.78 is 28.5. The topological polar surface area (TPSA) is 73.9 Å². The van der Waals surface area contributed by atoms with E-state index in [0.29, 0.717) is 17.1 Å². The molecule has 0 bridgehead atoms. The Labute approximate surface area is 151 Å². The zero-order chi connectivity index (χ0) is 19.2. The van der Waals surface area contributed by atoms with Gasteiger partial charge in [-0.2, -0.15) is 3.89 Å². The molecule has 1 aromatic carbocycles. The molecule has 0 aromatic heterocycles. The first-order chi connectivity index (χ1) is 11.7. The molecule has 1 unspecified atom stereocenters. The van der Waals surface area contributed by atoms with E-state index >= 15 is 0 Å². The lowest BCUT2D eigenvalue weighted by atomic mass is 9.94. The van der Waals surface area contributed by atoms with E-state index in [1.165, 1.54) is 27.4 Å². The fraction of sp³-hybridized carbons (Fsp3) is 0.529. The maximum Gasteiger partial charge on any atom is 0.328 e. The maximum atomic E-state index is 13.3. The molecule has 6 nitrogen and oxygen atoms in total. The first-order valence-corrected chi connectivity index (χ1v) is 8.31. The van der Waals surface area contributed by atoms with Gasteiger partial charge in [0.2, 0.25) is 5.91 Å². The van der Waals surface area contributed by atoms with Gasteiger partial charge in [-0.1, -0.05) is 20.8 Å². The fourth-order valence-corrected chi connectivity index (χ4v) is 2.46. The number of rotatable bonds is 7. The highest BCUT2D eigenvalue weighted by Crippen LogP contribution is 2.36. The second kappa shape index (κ2) is 8.94. The van der Waals surface area contributed by atoms with E-state index in [4.69, 9.17) is 14.2 Å². The first-order valence-electron chi connectivity index (χ1n) is 7.60. The maximum absolute atomic E-state index is 13.3. The summed E-state index contributed by atoms with van der Waals surface area (Å²) in [6.45, 7) is 5.20. The minimum atomic E-state index is -0.944. The normalized spacial score (nSPS) is 12.3. The molecule has 0 aliphatic rings. The third-order valence-corrected chi connectivity index (χ3v) is 4.09. The van der Waals surface area contributed by atoms with E-state index in [-0.39, 0.29) is 29.4 Å². The number of amides is 1. The summed E-state index contributed by atoms with van der Waals surface area (Å²) >= 11 is 0.0295. The quantitative estimate of drug-likeness (QED) is 0.741. The zero-order valence-electron chi connectivity index (χ0n) is 15.3. The molecule has 0 saturated heterocycles. The average molecular weight is 373 g/mol. The molecule has 1 atom stereocenters. The van der Waals surface area contributed by atoms with Crippen LogP contribution in [-0.4, -0.2) is 39.2 Å². The third-order valence-electron chi connectivity index (χ3n) is 3.55. The van der Waals surface area contributed by atoms with Crippen LogP contribution >= 0.6 is 12.1 Å². The van der Waals surface area contributed by atoms with Crippen LogP contribution in [0.5, 0.6) is 11.5 Å². The summed E-state index contributed by atoms with van der Waals surface area (Å²) in [6, 6.07) is 2.12. The fourth-order valence-electron chi connectivity index (χ4n) is 2.06. The standard InChI is InChI=1S/C17H24FNO5S/c1-17(2,3)16(21)19-11(15(20)24-6)7-10-8-12(22-4)13(23-5)9-14(10)25-18/h8-9,11H,7H2,1-6H3,(H,19,21). The smallest absolute Gasteiger partial charge is 0.328 e. The van der Waals surface area contributed by atoms with Gasteiger partial charge in [-0.05, 0) is 11.6 Å². The van der Waals surface area contributed by atoms with Crippen molar-refractivity contribution in [2.75, 3.05) is 21.3 Å². The summed E-state index contributed by atoms with van der Waals surface area (Å²) in [7, 11) is 4.14. The molecule has 8 heteroatoms. The molecule has 0 aliphatic carbocycles. The van der Waals surface area contributed by atoms with Crippen molar-refractivity contribution in [3.05, 3.63) is 17.7 Å². The Morgan fingerprint density at radius 2 is 1.72 bits per heavy atom. The number of carbonyl (C=O) groups excluding carboxylic acids is 2. The van der Waals surface area contributed by atoms with Crippen molar-refractivity contribution in [3.8, 4) is 11.5 Å². The van der Waals surface area contributed by atoms with Crippen LogP contribution in [0, 0.1) is 5.41 Å². The highest BCUT2D eigenvalue weighted by molar-refractivity contribution is 7.94. The Kier molecular flexibility index (Phi) is 7.54. The molecule has 25 heavy (non-hydrogen) atoms. The molecule has 0 heterocycles. The SMILES string of the molecule is COC(=O)C(Cc1cc(OC)c(OC)cc1SF)NC(=O)C(C)(C)C. The number of halogens is 1. The Balaban J connectivity index is 3.19. The van der Waals surface area contributed by atoms with Gasteiger partial charge in [0, 0.05) is 22.8 Å². The van der Waals surface area contributed by atoms with Crippen LogP contribution in [0.3, 0.4) is 0 Å². The minimum Gasteiger partial charge on any atom is -0.493 e. The van der Waals surface area contributed by atoms with Crippen molar-refractivity contribution in [2.45, 2.75) is 38.1 Å². The van der Waals surface area contributed by atoms with Gasteiger partial charge >= 0.3 is 5.97 Å². The van der Waals surface area contributed by atoms with Gasteiger partial charge in [-0.15, -0.1) is 0 Å². The summed E-state index contributed by atoms with van der Waals surface area (Å²) in [5, 5.41) is 2.66. The number of hydrogen-bond donors (Lipinski definition) is 1. The number of hydrogen-bond acceptors (Lipinski definition) is 6. The van der Waals surface area contributed by atoms with Crippen LogP contribution in [0.4, 0.5) is 3.89 Å². The van der Waals surface area contributed by atoms with Gasteiger partial charge in [0.05, 0.1) is 33.5 Å². The van der Waals surface area contributed by atoms with Crippen molar-refractivity contribution in [3.63, 3.8) is 0 Å². The largest absolute Gasteiger partial charge is 0.493 e. The van der Waals surface area contributed by atoms with Crippen LogP contribution in [0.25, 0.3) is 0 Å². The molecule has 0 spiro atoms. The first kappa shape index (κ1) is 21.1. The van der Waals surface area contributed by atoms with Crippen molar-refractivity contribution in [1.29, 1.82) is 0 Å². The molecular formula is C17H24FNO5S. The summed E-state index contributed by atoms with van der Waals surface area (Å²) in [5.74, 6) is -0.138. The number of methoxy groups -OCH3 is 3. The molecule has 0 fully saturated rings. The van der Waals surface area contributed by atoms with E-state index in [1.54, 1.807) is 26.8 Å².